The van der Waals surface area contributed by atoms with Crippen molar-refractivity contribution in [1.82, 2.24) is 9.03 Å². The molecular weight excluding hydrogens is 348 g/mol. The van der Waals surface area contributed by atoms with Crippen LogP contribution >= 0.6 is 0 Å². The molecule has 2 saturated carbocycles. The lowest BCUT2D eigenvalue weighted by Gasteiger charge is -2.30. The molecule has 0 heterocycles. The van der Waals surface area contributed by atoms with Crippen LogP contribution in [0.15, 0.2) is 34.1 Å². The van der Waals surface area contributed by atoms with Crippen molar-refractivity contribution >= 4 is 20.0 Å². The number of nitrogens with one attached hydrogen (secondary N) is 1. The van der Waals surface area contributed by atoms with Crippen molar-refractivity contribution in [2.45, 2.75) is 66.8 Å². The van der Waals surface area contributed by atoms with E-state index in [1.165, 1.54) is 28.6 Å². The van der Waals surface area contributed by atoms with Crippen LogP contribution in [-0.2, 0) is 20.0 Å². The number of hydrogen-bond acceptors (Lipinski definition) is 4. The van der Waals surface area contributed by atoms with Gasteiger partial charge in [0.25, 0.3) is 0 Å². The number of benzene rings is 1. The fourth-order valence-electron chi connectivity index (χ4n) is 3.10. The molecule has 0 unspecified atom stereocenters. The third kappa shape index (κ3) is 3.82. The third-order valence-corrected chi connectivity index (χ3v) is 8.21. The molecule has 2 aliphatic carbocycles. The van der Waals surface area contributed by atoms with E-state index in [0.29, 0.717) is 0 Å². The van der Waals surface area contributed by atoms with Gasteiger partial charge in [0.2, 0.25) is 20.0 Å². The Labute approximate surface area is 144 Å². The maximum Gasteiger partial charge on any atom is 0.243 e. The van der Waals surface area contributed by atoms with Crippen molar-refractivity contribution in [3.63, 3.8) is 0 Å². The average Bonchev–Trinajstić information content (AvgIpc) is 3.38. The molecule has 6 nitrogen and oxygen atoms in total. The zero-order chi connectivity index (χ0) is 17.4. The van der Waals surface area contributed by atoms with E-state index >= 15 is 0 Å². The fourth-order valence-corrected chi connectivity index (χ4v) is 5.98. The van der Waals surface area contributed by atoms with E-state index in [9.17, 15) is 16.8 Å². The van der Waals surface area contributed by atoms with Crippen molar-refractivity contribution in [3.8, 4) is 0 Å². The molecule has 134 valence electrons. The van der Waals surface area contributed by atoms with Crippen LogP contribution in [0.1, 0.15) is 44.9 Å². The summed E-state index contributed by atoms with van der Waals surface area (Å²) in [7, 11) is -5.76. The molecule has 0 radical (unpaired) electrons. The second-order valence-corrected chi connectivity index (χ2v) is 10.4. The van der Waals surface area contributed by atoms with Gasteiger partial charge in [0, 0.05) is 19.1 Å². The van der Waals surface area contributed by atoms with Crippen LogP contribution in [0, 0.1) is 0 Å². The highest BCUT2D eigenvalue weighted by molar-refractivity contribution is 7.90. The smallest absolute Gasteiger partial charge is 0.208 e. The average molecular weight is 373 g/mol. The van der Waals surface area contributed by atoms with E-state index in [1.54, 1.807) is 7.05 Å². The van der Waals surface area contributed by atoms with Gasteiger partial charge in [-0.1, -0.05) is 25.3 Å². The van der Waals surface area contributed by atoms with Crippen LogP contribution in [-0.4, -0.2) is 40.3 Å². The molecule has 1 aromatic carbocycles. The Balaban J connectivity index is 1.86. The summed E-state index contributed by atoms with van der Waals surface area (Å²) >= 11 is 0. The lowest BCUT2D eigenvalue weighted by Crippen LogP contribution is -2.38. The first-order valence-corrected chi connectivity index (χ1v) is 11.3. The minimum atomic E-state index is -3.69. The molecule has 0 aliphatic heterocycles. The standard InChI is InChI=1S/C16H24N2O4S2/c1-18(14-6-3-2-4-7-14)24(21,22)16-9-5-8-15(12-16)23(19,20)17-13-10-11-13/h5,8-9,12-14,17H,2-4,6-7,10-11H2,1H3. The van der Waals surface area contributed by atoms with Gasteiger partial charge in [-0.15, -0.1) is 0 Å². The zero-order valence-corrected chi connectivity index (χ0v) is 15.4. The maximum absolute atomic E-state index is 12.9. The zero-order valence-electron chi connectivity index (χ0n) is 13.8. The number of nitrogens with zero attached hydrogens (tertiary/aromatic N) is 1. The summed E-state index contributed by atoms with van der Waals surface area (Å²) in [6.07, 6.45) is 6.59. The Hall–Kier alpha value is -0.960. The molecule has 24 heavy (non-hydrogen) atoms. The number of rotatable bonds is 6. The van der Waals surface area contributed by atoms with Crippen LogP contribution < -0.4 is 4.72 Å². The van der Waals surface area contributed by atoms with Crippen LogP contribution in [0.25, 0.3) is 0 Å². The SMILES string of the molecule is CN(C1CCCCC1)S(=O)(=O)c1cccc(S(=O)(=O)NC2CC2)c1. The Bertz CT molecular complexity index is 795. The summed E-state index contributed by atoms with van der Waals surface area (Å²) in [6, 6.07) is 5.63. The molecule has 2 aliphatic rings. The molecule has 0 atom stereocenters. The second kappa shape index (κ2) is 6.74. The first kappa shape index (κ1) is 17.8. The molecule has 0 amide bonds. The van der Waals surface area contributed by atoms with E-state index in [1.807, 2.05) is 0 Å². The molecule has 3 rings (SSSR count). The highest BCUT2D eigenvalue weighted by atomic mass is 32.2. The van der Waals surface area contributed by atoms with Gasteiger partial charge in [0.1, 0.15) is 0 Å². The van der Waals surface area contributed by atoms with E-state index in [2.05, 4.69) is 4.72 Å². The lowest BCUT2D eigenvalue weighted by molar-refractivity contribution is 0.286. The Morgan fingerprint density at radius 2 is 1.58 bits per heavy atom. The first-order chi connectivity index (χ1) is 11.3. The normalized spacial score (nSPS) is 20.4. The molecule has 0 bridgehead atoms. The van der Waals surface area contributed by atoms with Crippen molar-refractivity contribution in [2.75, 3.05) is 7.05 Å². The van der Waals surface area contributed by atoms with Gasteiger partial charge in [-0.05, 0) is 43.9 Å². The Morgan fingerprint density at radius 3 is 2.21 bits per heavy atom. The highest BCUT2D eigenvalue weighted by Crippen LogP contribution is 2.28. The molecule has 0 aromatic heterocycles. The van der Waals surface area contributed by atoms with Gasteiger partial charge < -0.3 is 0 Å². The second-order valence-electron chi connectivity index (χ2n) is 6.68. The Morgan fingerprint density at radius 1 is 0.958 bits per heavy atom. The van der Waals surface area contributed by atoms with Gasteiger partial charge in [-0.25, -0.2) is 21.6 Å². The fraction of sp³-hybridized carbons (Fsp3) is 0.625. The van der Waals surface area contributed by atoms with Gasteiger partial charge in [0.15, 0.2) is 0 Å². The van der Waals surface area contributed by atoms with E-state index < -0.39 is 20.0 Å². The summed E-state index contributed by atoms with van der Waals surface area (Å²) in [5, 5.41) is 0. The maximum atomic E-state index is 12.9. The van der Waals surface area contributed by atoms with Crippen LogP contribution in [0.2, 0.25) is 0 Å². The minimum absolute atomic E-state index is 0.00592. The number of hydrogen-bond donors (Lipinski definition) is 1. The van der Waals surface area contributed by atoms with Crippen LogP contribution in [0.3, 0.4) is 0 Å². The van der Waals surface area contributed by atoms with E-state index in [0.717, 1.165) is 44.9 Å². The first-order valence-electron chi connectivity index (χ1n) is 8.41. The molecular formula is C16H24N2O4S2. The lowest BCUT2D eigenvalue weighted by atomic mass is 9.96. The molecule has 8 heteroatoms. The molecule has 2 fully saturated rings. The van der Waals surface area contributed by atoms with E-state index in [-0.39, 0.29) is 21.9 Å². The topological polar surface area (TPSA) is 83.6 Å². The summed E-state index contributed by atoms with van der Waals surface area (Å²) < 4.78 is 54.3. The molecule has 0 saturated heterocycles. The minimum Gasteiger partial charge on any atom is -0.208 e. The summed E-state index contributed by atoms with van der Waals surface area (Å²) in [6.45, 7) is 0. The predicted molar refractivity (Wildman–Crippen MR) is 91.6 cm³/mol. The van der Waals surface area contributed by atoms with Crippen LogP contribution in [0.4, 0.5) is 0 Å². The summed E-state index contributed by atoms with van der Waals surface area (Å²) in [5.74, 6) is 0. The third-order valence-electron chi connectivity index (χ3n) is 4.78. The highest BCUT2D eigenvalue weighted by Gasteiger charge is 2.31. The molecule has 0 spiro atoms. The number of sulfonamides is 2. The monoisotopic (exact) mass is 372 g/mol. The molecule has 1 N–H and O–H groups in total. The largest absolute Gasteiger partial charge is 0.243 e. The summed E-state index contributed by atoms with van der Waals surface area (Å²) in [5.41, 5.74) is 0. The summed E-state index contributed by atoms with van der Waals surface area (Å²) in [4.78, 5) is 0.0433. The quantitative estimate of drug-likeness (QED) is 0.829. The van der Waals surface area contributed by atoms with Gasteiger partial charge in [-0.2, -0.15) is 4.31 Å². The van der Waals surface area contributed by atoms with Crippen molar-refractivity contribution in [1.29, 1.82) is 0 Å². The molecule has 1 aromatic rings. The van der Waals surface area contributed by atoms with Crippen molar-refractivity contribution in [3.05, 3.63) is 24.3 Å². The van der Waals surface area contributed by atoms with Crippen molar-refractivity contribution in [2.24, 2.45) is 0 Å². The van der Waals surface area contributed by atoms with Gasteiger partial charge in [-0.3, -0.25) is 0 Å². The van der Waals surface area contributed by atoms with Gasteiger partial charge in [0.05, 0.1) is 9.79 Å². The van der Waals surface area contributed by atoms with E-state index in [4.69, 9.17) is 0 Å². The predicted octanol–water partition coefficient (Wildman–Crippen LogP) is 2.08. The van der Waals surface area contributed by atoms with Gasteiger partial charge >= 0.3 is 0 Å². The van der Waals surface area contributed by atoms with Crippen LogP contribution in [0.5, 0.6) is 0 Å². The Kier molecular flexibility index (Phi) is 5.01. The van der Waals surface area contributed by atoms with Crippen molar-refractivity contribution < 1.29 is 16.8 Å².